The summed E-state index contributed by atoms with van der Waals surface area (Å²) in [6, 6.07) is 13.8. The second kappa shape index (κ2) is 8.96. The van der Waals surface area contributed by atoms with Crippen molar-refractivity contribution in [1.29, 1.82) is 0 Å². The highest BCUT2D eigenvalue weighted by atomic mass is 35.5. The Kier molecular flexibility index (Phi) is 6.68. The minimum Gasteiger partial charge on any atom is -0.355 e. The van der Waals surface area contributed by atoms with Crippen molar-refractivity contribution in [2.75, 3.05) is 12.4 Å². The van der Waals surface area contributed by atoms with Crippen molar-refractivity contribution in [3.8, 4) is 0 Å². The van der Waals surface area contributed by atoms with Gasteiger partial charge in [-0.3, -0.25) is 14.9 Å². The molecular formula is C18H16ClN3O2S. The molecule has 0 radical (unpaired) electrons. The average Bonchev–Trinajstić information content (AvgIpc) is 2.61. The van der Waals surface area contributed by atoms with E-state index in [1.54, 1.807) is 61.7 Å². The van der Waals surface area contributed by atoms with Gasteiger partial charge in [-0.1, -0.05) is 23.7 Å². The summed E-state index contributed by atoms with van der Waals surface area (Å²) in [4.78, 5) is 23.3. The lowest BCUT2D eigenvalue weighted by molar-refractivity contribution is -0.115. The van der Waals surface area contributed by atoms with Crippen LogP contribution in [0.5, 0.6) is 0 Å². The number of hydrogen-bond acceptors (Lipinski definition) is 3. The van der Waals surface area contributed by atoms with E-state index in [9.17, 15) is 9.59 Å². The smallest absolute Gasteiger partial charge is 0.251 e. The summed E-state index contributed by atoms with van der Waals surface area (Å²) in [6.07, 6.45) is 3.04. The maximum absolute atomic E-state index is 11.9. The van der Waals surface area contributed by atoms with E-state index in [-0.39, 0.29) is 16.9 Å². The molecule has 2 aromatic carbocycles. The first-order chi connectivity index (χ1) is 12.0. The van der Waals surface area contributed by atoms with Crippen molar-refractivity contribution < 1.29 is 9.59 Å². The average molecular weight is 374 g/mol. The molecule has 5 nitrogen and oxygen atoms in total. The van der Waals surface area contributed by atoms with Gasteiger partial charge in [0, 0.05) is 29.4 Å². The third-order valence-electron chi connectivity index (χ3n) is 3.17. The zero-order chi connectivity index (χ0) is 18.2. The van der Waals surface area contributed by atoms with Gasteiger partial charge in [0.15, 0.2) is 5.11 Å². The molecule has 7 heteroatoms. The molecule has 0 heterocycles. The zero-order valence-electron chi connectivity index (χ0n) is 13.4. The zero-order valence-corrected chi connectivity index (χ0v) is 14.9. The van der Waals surface area contributed by atoms with Crippen molar-refractivity contribution in [3.05, 3.63) is 70.8 Å². The first-order valence-electron chi connectivity index (χ1n) is 7.35. The van der Waals surface area contributed by atoms with E-state index >= 15 is 0 Å². The molecule has 2 amide bonds. The molecule has 2 aromatic rings. The van der Waals surface area contributed by atoms with Crippen LogP contribution in [0.2, 0.25) is 5.02 Å². The number of anilines is 1. The predicted molar refractivity (Wildman–Crippen MR) is 105 cm³/mol. The number of carbonyl (C=O) groups excluding carboxylic acids is 2. The summed E-state index contributed by atoms with van der Waals surface area (Å²) < 4.78 is 0. The first-order valence-corrected chi connectivity index (χ1v) is 8.14. The van der Waals surface area contributed by atoms with Gasteiger partial charge in [0.1, 0.15) is 0 Å². The summed E-state index contributed by atoms with van der Waals surface area (Å²) >= 11 is 10.9. The topological polar surface area (TPSA) is 70.2 Å². The second-order valence-corrected chi connectivity index (χ2v) is 5.83. The molecule has 3 N–H and O–H groups in total. The van der Waals surface area contributed by atoms with E-state index in [1.807, 2.05) is 0 Å². The molecule has 0 aromatic heterocycles. The number of nitrogens with one attached hydrogen (secondary N) is 3. The van der Waals surface area contributed by atoms with Crippen LogP contribution in [0.15, 0.2) is 54.6 Å². The standard InChI is InChI=1S/C18H16ClN3O2S/c1-20-17(24)13-5-9-15(10-6-13)21-18(25)22-16(23)11-4-12-2-7-14(19)8-3-12/h2-11H,1H3,(H,20,24)(H2,21,22,23,25)/b11-4+. The van der Waals surface area contributed by atoms with Crippen molar-refractivity contribution in [3.63, 3.8) is 0 Å². The van der Waals surface area contributed by atoms with Gasteiger partial charge in [0.05, 0.1) is 0 Å². The van der Waals surface area contributed by atoms with Gasteiger partial charge >= 0.3 is 0 Å². The Bertz CT molecular complexity index is 802. The summed E-state index contributed by atoms with van der Waals surface area (Å²) in [7, 11) is 1.57. The van der Waals surface area contributed by atoms with Crippen LogP contribution in [0.4, 0.5) is 5.69 Å². The summed E-state index contributed by atoms with van der Waals surface area (Å²) in [5, 5.41) is 8.77. The Morgan fingerprint density at radius 1 is 1.04 bits per heavy atom. The van der Waals surface area contributed by atoms with Gasteiger partial charge in [0.2, 0.25) is 5.91 Å². The number of hydrogen-bond donors (Lipinski definition) is 3. The van der Waals surface area contributed by atoms with Gasteiger partial charge in [-0.2, -0.15) is 0 Å². The molecule has 2 rings (SSSR count). The Hall–Kier alpha value is -2.70. The highest BCUT2D eigenvalue weighted by molar-refractivity contribution is 7.80. The third kappa shape index (κ3) is 6.02. The molecule has 0 aliphatic carbocycles. The fourth-order valence-corrected chi connectivity index (χ4v) is 2.26. The quantitative estimate of drug-likeness (QED) is 0.568. The van der Waals surface area contributed by atoms with Gasteiger partial charge in [-0.25, -0.2) is 0 Å². The largest absolute Gasteiger partial charge is 0.355 e. The number of thiocarbonyl (C=S) groups is 1. The Morgan fingerprint density at radius 3 is 2.28 bits per heavy atom. The SMILES string of the molecule is CNC(=O)c1ccc(NC(=S)NC(=O)/C=C/c2ccc(Cl)cc2)cc1. The summed E-state index contributed by atoms with van der Waals surface area (Å²) in [6.45, 7) is 0. The number of rotatable bonds is 4. The van der Waals surface area contributed by atoms with E-state index in [0.29, 0.717) is 16.3 Å². The van der Waals surface area contributed by atoms with E-state index in [1.165, 1.54) is 6.08 Å². The fourth-order valence-electron chi connectivity index (χ4n) is 1.91. The van der Waals surface area contributed by atoms with Crippen molar-refractivity contribution in [1.82, 2.24) is 10.6 Å². The number of carbonyl (C=O) groups is 2. The Labute approximate surface area is 156 Å². The molecule has 0 unspecified atom stereocenters. The lowest BCUT2D eigenvalue weighted by Crippen LogP contribution is -2.32. The monoisotopic (exact) mass is 373 g/mol. The van der Waals surface area contributed by atoms with Crippen molar-refractivity contribution in [2.45, 2.75) is 0 Å². The molecule has 0 aliphatic rings. The van der Waals surface area contributed by atoms with E-state index in [2.05, 4.69) is 16.0 Å². The normalized spacial score (nSPS) is 10.3. The lowest BCUT2D eigenvalue weighted by Gasteiger charge is -2.08. The summed E-state index contributed by atoms with van der Waals surface area (Å²) in [5.74, 6) is -0.524. The van der Waals surface area contributed by atoms with Crippen LogP contribution in [-0.4, -0.2) is 24.0 Å². The Morgan fingerprint density at radius 2 is 1.68 bits per heavy atom. The number of amides is 2. The van der Waals surface area contributed by atoms with Gasteiger partial charge in [-0.05, 0) is 60.3 Å². The predicted octanol–water partition coefficient (Wildman–Crippen LogP) is 3.23. The van der Waals surface area contributed by atoms with Gasteiger partial charge in [-0.15, -0.1) is 0 Å². The van der Waals surface area contributed by atoms with Crippen LogP contribution >= 0.6 is 23.8 Å². The maximum atomic E-state index is 11.9. The molecule has 0 saturated heterocycles. The van der Waals surface area contributed by atoms with E-state index in [0.717, 1.165) is 5.56 Å². The van der Waals surface area contributed by atoms with Crippen LogP contribution in [0, 0.1) is 0 Å². The molecule has 0 saturated carbocycles. The molecule has 0 spiro atoms. The lowest BCUT2D eigenvalue weighted by atomic mass is 10.2. The molecule has 0 aliphatic heterocycles. The Balaban J connectivity index is 1.87. The minimum absolute atomic E-state index is 0.165. The number of benzene rings is 2. The van der Waals surface area contributed by atoms with Crippen LogP contribution in [-0.2, 0) is 4.79 Å². The van der Waals surface area contributed by atoms with Crippen molar-refractivity contribution in [2.24, 2.45) is 0 Å². The van der Waals surface area contributed by atoms with Gasteiger partial charge in [0.25, 0.3) is 5.91 Å². The molecule has 0 atom stereocenters. The van der Waals surface area contributed by atoms with Crippen LogP contribution in [0.1, 0.15) is 15.9 Å². The minimum atomic E-state index is -0.352. The second-order valence-electron chi connectivity index (χ2n) is 4.98. The number of halogens is 1. The van der Waals surface area contributed by atoms with Crippen LogP contribution < -0.4 is 16.0 Å². The van der Waals surface area contributed by atoms with E-state index in [4.69, 9.17) is 23.8 Å². The van der Waals surface area contributed by atoms with E-state index < -0.39 is 0 Å². The van der Waals surface area contributed by atoms with Crippen molar-refractivity contribution >= 4 is 52.5 Å². The third-order valence-corrected chi connectivity index (χ3v) is 3.62. The van der Waals surface area contributed by atoms with Gasteiger partial charge < -0.3 is 10.6 Å². The maximum Gasteiger partial charge on any atom is 0.251 e. The highest BCUT2D eigenvalue weighted by Crippen LogP contribution is 2.11. The highest BCUT2D eigenvalue weighted by Gasteiger charge is 2.04. The molecule has 0 fully saturated rings. The van der Waals surface area contributed by atoms with Crippen LogP contribution in [0.3, 0.4) is 0 Å². The molecule has 25 heavy (non-hydrogen) atoms. The fraction of sp³-hybridized carbons (Fsp3) is 0.0556. The summed E-state index contributed by atoms with van der Waals surface area (Å²) in [5.41, 5.74) is 2.05. The first kappa shape index (κ1) is 18.6. The molecule has 0 bridgehead atoms. The molecule has 128 valence electrons. The molecular weight excluding hydrogens is 358 g/mol. The van der Waals surface area contributed by atoms with Crippen LogP contribution in [0.25, 0.3) is 6.08 Å².